The first kappa shape index (κ1) is 14.0. The molecule has 1 amide bonds. The van der Waals surface area contributed by atoms with E-state index in [0.717, 1.165) is 5.56 Å². The van der Waals surface area contributed by atoms with Gasteiger partial charge in [0.25, 0.3) is 5.91 Å². The smallest absolute Gasteiger partial charge is 0.251 e. The van der Waals surface area contributed by atoms with Crippen LogP contribution in [0.5, 0.6) is 0 Å². The molecular formula is C17H15N3O2. The molecule has 0 aliphatic carbocycles. The number of amides is 1. The Kier molecular flexibility index (Phi) is 3.96. The number of hydrogen-bond donors (Lipinski definition) is 1. The van der Waals surface area contributed by atoms with Crippen molar-refractivity contribution < 1.29 is 9.21 Å². The predicted molar refractivity (Wildman–Crippen MR) is 82.1 cm³/mol. The molecule has 0 saturated carbocycles. The number of carbonyl (C=O) groups is 1. The van der Waals surface area contributed by atoms with Crippen molar-refractivity contribution in [2.75, 3.05) is 0 Å². The van der Waals surface area contributed by atoms with Gasteiger partial charge in [-0.1, -0.05) is 35.9 Å². The molecule has 0 fully saturated rings. The molecule has 1 aromatic heterocycles. The Bertz CT molecular complexity index is 764. The highest BCUT2D eigenvalue weighted by atomic mass is 16.4. The molecule has 0 unspecified atom stereocenters. The zero-order valence-electron chi connectivity index (χ0n) is 12.1. The lowest BCUT2D eigenvalue weighted by molar-refractivity contribution is 0.0947. The summed E-state index contributed by atoms with van der Waals surface area (Å²) in [7, 11) is 0. The number of aryl methyl sites for hydroxylation is 1. The summed E-state index contributed by atoms with van der Waals surface area (Å²) in [6.07, 6.45) is 0. The molecule has 1 heterocycles. The number of aromatic nitrogens is 2. The van der Waals surface area contributed by atoms with E-state index in [1.807, 2.05) is 49.4 Å². The lowest BCUT2D eigenvalue weighted by atomic mass is 10.1. The number of hydrogen-bond acceptors (Lipinski definition) is 4. The molecule has 0 aliphatic heterocycles. The molecular weight excluding hydrogens is 278 g/mol. The SMILES string of the molecule is Cc1ccc(-c2nnc(CNC(=O)c3ccccc3)o2)cc1. The van der Waals surface area contributed by atoms with Gasteiger partial charge < -0.3 is 9.73 Å². The van der Waals surface area contributed by atoms with Crippen LogP contribution in [-0.4, -0.2) is 16.1 Å². The molecule has 3 rings (SSSR count). The topological polar surface area (TPSA) is 68.0 Å². The van der Waals surface area contributed by atoms with Crippen molar-refractivity contribution in [1.29, 1.82) is 0 Å². The van der Waals surface area contributed by atoms with Crippen LogP contribution < -0.4 is 5.32 Å². The molecule has 0 bridgehead atoms. The molecule has 1 N–H and O–H groups in total. The van der Waals surface area contributed by atoms with Crippen molar-refractivity contribution in [2.24, 2.45) is 0 Å². The Balaban J connectivity index is 1.65. The second kappa shape index (κ2) is 6.22. The van der Waals surface area contributed by atoms with E-state index >= 15 is 0 Å². The largest absolute Gasteiger partial charge is 0.419 e. The Morgan fingerprint density at radius 2 is 1.77 bits per heavy atom. The average Bonchev–Trinajstić information content (AvgIpc) is 3.03. The number of rotatable bonds is 4. The van der Waals surface area contributed by atoms with E-state index in [2.05, 4.69) is 15.5 Å². The van der Waals surface area contributed by atoms with Gasteiger partial charge in [-0.05, 0) is 31.2 Å². The van der Waals surface area contributed by atoms with Gasteiger partial charge in [-0.25, -0.2) is 0 Å². The predicted octanol–water partition coefficient (Wildman–Crippen LogP) is 2.98. The van der Waals surface area contributed by atoms with Crippen molar-refractivity contribution in [3.05, 3.63) is 71.6 Å². The van der Waals surface area contributed by atoms with Crippen LogP contribution in [-0.2, 0) is 6.54 Å². The van der Waals surface area contributed by atoms with Crippen LogP contribution in [0.1, 0.15) is 21.8 Å². The van der Waals surface area contributed by atoms with Crippen molar-refractivity contribution >= 4 is 5.91 Å². The number of benzene rings is 2. The second-order valence-corrected chi connectivity index (χ2v) is 4.92. The minimum absolute atomic E-state index is 0.171. The number of nitrogens with one attached hydrogen (secondary N) is 1. The van der Waals surface area contributed by atoms with Crippen molar-refractivity contribution in [2.45, 2.75) is 13.5 Å². The molecule has 0 radical (unpaired) electrons. The van der Waals surface area contributed by atoms with Gasteiger partial charge in [-0.2, -0.15) is 0 Å². The molecule has 3 aromatic rings. The highest BCUT2D eigenvalue weighted by Gasteiger charge is 2.10. The van der Waals surface area contributed by atoms with Gasteiger partial charge in [0.1, 0.15) is 0 Å². The molecule has 0 spiro atoms. The van der Waals surface area contributed by atoms with Crippen molar-refractivity contribution in [1.82, 2.24) is 15.5 Å². The molecule has 0 atom stereocenters. The Morgan fingerprint density at radius 3 is 2.50 bits per heavy atom. The normalized spacial score (nSPS) is 10.4. The summed E-state index contributed by atoms with van der Waals surface area (Å²) in [5.41, 5.74) is 2.62. The Labute approximate surface area is 128 Å². The fraction of sp³-hybridized carbons (Fsp3) is 0.118. The molecule has 110 valence electrons. The van der Waals surface area contributed by atoms with Gasteiger partial charge in [-0.3, -0.25) is 4.79 Å². The van der Waals surface area contributed by atoms with Crippen LogP contribution in [0.4, 0.5) is 0 Å². The van der Waals surface area contributed by atoms with Gasteiger partial charge in [0.2, 0.25) is 11.8 Å². The second-order valence-electron chi connectivity index (χ2n) is 4.92. The first-order valence-electron chi connectivity index (χ1n) is 6.95. The first-order valence-corrected chi connectivity index (χ1v) is 6.95. The van der Waals surface area contributed by atoms with Crippen molar-refractivity contribution in [3.8, 4) is 11.5 Å². The lowest BCUT2D eigenvalue weighted by Gasteiger charge is -2.01. The van der Waals surface area contributed by atoms with E-state index in [9.17, 15) is 4.79 Å². The van der Waals surface area contributed by atoms with Crippen LogP contribution in [0.3, 0.4) is 0 Å². The lowest BCUT2D eigenvalue weighted by Crippen LogP contribution is -2.22. The number of nitrogens with zero attached hydrogens (tertiary/aromatic N) is 2. The molecule has 5 nitrogen and oxygen atoms in total. The summed E-state index contributed by atoms with van der Waals surface area (Å²) in [5.74, 6) is 0.652. The van der Waals surface area contributed by atoms with Gasteiger partial charge in [0.15, 0.2) is 0 Å². The third-order valence-corrected chi connectivity index (χ3v) is 3.20. The van der Waals surface area contributed by atoms with Gasteiger partial charge in [-0.15, -0.1) is 10.2 Å². The zero-order valence-corrected chi connectivity index (χ0v) is 12.1. The maximum Gasteiger partial charge on any atom is 0.251 e. The summed E-state index contributed by atoms with van der Waals surface area (Å²) >= 11 is 0. The minimum atomic E-state index is -0.171. The molecule has 0 aliphatic rings. The van der Waals surface area contributed by atoms with E-state index in [1.165, 1.54) is 5.56 Å². The summed E-state index contributed by atoms with van der Waals surface area (Å²) in [5, 5.41) is 10.7. The van der Waals surface area contributed by atoms with Gasteiger partial charge >= 0.3 is 0 Å². The third-order valence-electron chi connectivity index (χ3n) is 3.20. The quantitative estimate of drug-likeness (QED) is 0.803. The highest BCUT2D eigenvalue weighted by molar-refractivity contribution is 5.93. The maximum absolute atomic E-state index is 11.9. The zero-order chi connectivity index (χ0) is 15.4. The average molecular weight is 293 g/mol. The van der Waals surface area contributed by atoms with E-state index in [4.69, 9.17) is 4.42 Å². The van der Waals surface area contributed by atoms with E-state index in [-0.39, 0.29) is 12.5 Å². The van der Waals surface area contributed by atoms with E-state index in [0.29, 0.717) is 17.3 Å². The summed E-state index contributed by atoms with van der Waals surface area (Å²) in [6, 6.07) is 16.8. The minimum Gasteiger partial charge on any atom is -0.419 e. The van der Waals surface area contributed by atoms with Crippen LogP contribution in [0.15, 0.2) is 59.0 Å². The summed E-state index contributed by atoms with van der Waals surface area (Å²) in [6.45, 7) is 2.22. The van der Waals surface area contributed by atoms with Crippen LogP contribution in [0, 0.1) is 6.92 Å². The summed E-state index contributed by atoms with van der Waals surface area (Å²) < 4.78 is 5.56. The fourth-order valence-electron chi connectivity index (χ4n) is 1.99. The monoisotopic (exact) mass is 293 g/mol. The Hall–Kier alpha value is -2.95. The molecule has 22 heavy (non-hydrogen) atoms. The van der Waals surface area contributed by atoms with Gasteiger partial charge in [0, 0.05) is 11.1 Å². The fourth-order valence-corrected chi connectivity index (χ4v) is 1.99. The highest BCUT2D eigenvalue weighted by Crippen LogP contribution is 2.18. The third kappa shape index (κ3) is 3.20. The van der Waals surface area contributed by atoms with E-state index < -0.39 is 0 Å². The van der Waals surface area contributed by atoms with Gasteiger partial charge in [0.05, 0.1) is 6.54 Å². The molecule has 5 heteroatoms. The summed E-state index contributed by atoms with van der Waals surface area (Å²) in [4.78, 5) is 11.9. The van der Waals surface area contributed by atoms with Crippen molar-refractivity contribution in [3.63, 3.8) is 0 Å². The maximum atomic E-state index is 11.9. The Morgan fingerprint density at radius 1 is 1.05 bits per heavy atom. The molecule has 0 saturated heterocycles. The van der Waals surface area contributed by atoms with Crippen LogP contribution >= 0.6 is 0 Å². The number of carbonyl (C=O) groups excluding carboxylic acids is 1. The van der Waals surface area contributed by atoms with E-state index in [1.54, 1.807) is 12.1 Å². The first-order chi connectivity index (χ1) is 10.7. The molecule has 2 aromatic carbocycles. The van der Waals surface area contributed by atoms with Crippen LogP contribution in [0.2, 0.25) is 0 Å². The standard InChI is InChI=1S/C17H15N3O2/c1-12-7-9-14(10-8-12)17-20-19-15(22-17)11-18-16(21)13-5-3-2-4-6-13/h2-10H,11H2,1H3,(H,18,21). The van der Waals surface area contributed by atoms with Crippen LogP contribution in [0.25, 0.3) is 11.5 Å².